The summed E-state index contributed by atoms with van der Waals surface area (Å²) in [7, 11) is 0. The zero-order chi connectivity index (χ0) is 12.7. The van der Waals surface area contributed by atoms with Crippen LogP contribution < -0.4 is 10.1 Å². The Labute approximate surface area is 101 Å². The number of ether oxygens (including phenoxy) is 1. The maximum absolute atomic E-state index is 12.0. The molecule has 0 saturated heterocycles. The summed E-state index contributed by atoms with van der Waals surface area (Å²) >= 11 is 0. The Balaban J connectivity index is 2.48. The van der Waals surface area contributed by atoms with E-state index in [-0.39, 0.29) is 12.6 Å². The molecule has 0 radical (unpaired) electrons. The normalized spacial score (nSPS) is 12.8. The highest BCUT2D eigenvalue weighted by molar-refractivity contribution is 5.28. The molecule has 1 aromatic carbocycles. The van der Waals surface area contributed by atoms with E-state index < -0.39 is 6.43 Å². The minimum absolute atomic E-state index is 0.0794. The van der Waals surface area contributed by atoms with E-state index in [9.17, 15) is 8.78 Å². The predicted molar refractivity (Wildman–Crippen MR) is 64.6 cm³/mol. The van der Waals surface area contributed by atoms with Gasteiger partial charge >= 0.3 is 0 Å². The van der Waals surface area contributed by atoms with Crippen LogP contribution in [-0.4, -0.2) is 19.6 Å². The number of alkyl halides is 2. The van der Waals surface area contributed by atoms with Gasteiger partial charge in [0.2, 0.25) is 0 Å². The van der Waals surface area contributed by atoms with E-state index >= 15 is 0 Å². The maximum Gasteiger partial charge on any atom is 0.250 e. The van der Waals surface area contributed by atoms with Crippen molar-refractivity contribution in [1.29, 1.82) is 0 Å². The van der Waals surface area contributed by atoms with Crippen molar-refractivity contribution in [3.05, 3.63) is 29.8 Å². The lowest BCUT2D eigenvalue weighted by atomic mass is 10.1. The molecule has 4 heteroatoms. The van der Waals surface area contributed by atoms with Crippen LogP contribution in [0.5, 0.6) is 5.75 Å². The minimum atomic E-state index is -2.32. The Kier molecular flexibility index (Phi) is 5.91. The Morgan fingerprint density at radius 3 is 2.41 bits per heavy atom. The molecule has 0 heterocycles. The molecule has 0 aromatic heterocycles. The highest BCUT2D eigenvalue weighted by Crippen LogP contribution is 2.17. The van der Waals surface area contributed by atoms with Gasteiger partial charge < -0.3 is 10.1 Å². The summed E-state index contributed by atoms with van der Waals surface area (Å²) in [5.74, 6) is 0.816. The van der Waals surface area contributed by atoms with E-state index in [0.29, 0.717) is 6.61 Å². The maximum atomic E-state index is 12.0. The quantitative estimate of drug-likeness (QED) is 0.792. The van der Waals surface area contributed by atoms with Gasteiger partial charge in [-0.1, -0.05) is 19.1 Å². The van der Waals surface area contributed by atoms with Crippen LogP contribution in [0, 0.1) is 0 Å². The molecule has 0 bridgehead atoms. The standard InChI is InChI=1S/C13H19F2NO/c1-3-8-17-12-6-4-11(5-7-12)10(2)16-9-13(14)15/h4-7,10,13,16H,3,8-9H2,1-2H3. The Morgan fingerprint density at radius 2 is 1.88 bits per heavy atom. The van der Waals surface area contributed by atoms with Gasteiger partial charge in [-0.2, -0.15) is 0 Å². The molecule has 96 valence electrons. The van der Waals surface area contributed by atoms with Crippen molar-refractivity contribution in [1.82, 2.24) is 5.32 Å². The zero-order valence-corrected chi connectivity index (χ0v) is 10.2. The monoisotopic (exact) mass is 243 g/mol. The summed E-state index contributed by atoms with van der Waals surface area (Å²) in [6.07, 6.45) is -1.35. The van der Waals surface area contributed by atoms with Crippen molar-refractivity contribution >= 4 is 0 Å². The van der Waals surface area contributed by atoms with Gasteiger partial charge in [-0.15, -0.1) is 0 Å². The molecule has 0 amide bonds. The summed E-state index contributed by atoms with van der Waals surface area (Å²) in [5, 5.41) is 2.77. The molecular formula is C13H19F2NO. The lowest BCUT2D eigenvalue weighted by Crippen LogP contribution is -2.24. The van der Waals surface area contributed by atoms with Gasteiger partial charge in [0.25, 0.3) is 6.43 Å². The van der Waals surface area contributed by atoms with Gasteiger partial charge in [-0.25, -0.2) is 8.78 Å². The van der Waals surface area contributed by atoms with Crippen LogP contribution in [-0.2, 0) is 0 Å². The first kappa shape index (κ1) is 13.9. The summed E-state index contributed by atoms with van der Waals surface area (Å²) in [5.41, 5.74) is 0.981. The summed E-state index contributed by atoms with van der Waals surface area (Å²) in [6.45, 7) is 4.32. The third-order valence-electron chi connectivity index (χ3n) is 2.43. The van der Waals surface area contributed by atoms with Crippen molar-refractivity contribution < 1.29 is 13.5 Å². The van der Waals surface area contributed by atoms with E-state index in [1.165, 1.54) is 0 Å². The van der Waals surface area contributed by atoms with E-state index in [1.807, 2.05) is 38.1 Å². The lowest BCUT2D eigenvalue weighted by Gasteiger charge is -2.14. The van der Waals surface area contributed by atoms with Crippen molar-refractivity contribution in [2.75, 3.05) is 13.2 Å². The van der Waals surface area contributed by atoms with Crippen molar-refractivity contribution in [2.24, 2.45) is 0 Å². The highest BCUT2D eigenvalue weighted by atomic mass is 19.3. The fourth-order valence-corrected chi connectivity index (χ4v) is 1.46. The molecule has 0 aliphatic rings. The molecule has 0 fully saturated rings. The molecule has 1 atom stereocenters. The largest absolute Gasteiger partial charge is 0.494 e. The van der Waals surface area contributed by atoms with Gasteiger partial charge in [0.15, 0.2) is 0 Å². The first-order chi connectivity index (χ1) is 8.13. The molecule has 0 spiro atoms. The SMILES string of the molecule is CCCOc1ccc(C(C)NCC(F)F)cc1. The van der Waals surface area contributed by atoms with Gasteiger partial charge in [0, 0.05) is 6.04 Å². The zero-order valence-electron chi connectivity index (χ0n) is 10.2. The molecular weight excluding hydrogens is 224 g/mol. The predicted octanol–water partition coefficient (Wildman–Crippen LogP) is 3.39. The molecule has 17 heavy (non-hydrogen) atoms. The van der Waals surface area contributed by atoms with Crippen LogP contribution in [0.25, 0.3) is 0 Å². The average molecular weight is 243 g/mol. The summed E-state index contributed by atoms with van der Waals surface area (Å²) in [6, 6.07) is 7.45. The van der Waals surface area contributed by atoms with Crippen LogP contribution in [0.1, 0.15) is 31.9 Å². The first-order valence-electron chi connectivity index (χ1n) is 5.87. The molecule has 1 rings (SSSR count). The van der Waals surface area contributed by atoms with Crippen LogP contribution in [0.15, 0.2) is 24.3 Å². The number of rotatable bonds is 7. The van der Waals surface area contributed by atoms with Crippen LogP contribution in [0.4, 0.5) is 8.78 Å². The number of hydrogen-bond donors (Lipinski definition) is 1. The number of halogens is 2. The molecule has 1 unspecified atom stereocenters. The second-order valence-electron chi connectivity index (χ2n) is 3.94. The Morgan fingerprint density at radius 1 is 1.24 bits per heavy atom. The minimum Gasteiger partial charge on any atom is -0.494 e. The smallest absolute Gasteiger partial charge is 0.250 e. The number of nitrogens with one attached hydrogen (secondary N) is 1. The second-order valence-corrected chi connectivity index (χ2v) is 3.94. The van der Waals surface area contributed by atoms with Gasteiger partial charge in [-0.3, -0.25) is 0 Å². The van der Waals surface area contributed by atoms with Crippen molar-refractivity contribution in [2.45, 2.75) is 32.7 Å². The fraction of sp³-hybridized carbons (Fsp3) is 0.538. The molecule has 0 aliphatic heterocycles. The Hall–Kier alpha value is -1.16. The average Bonchev–Trinajstić information content (AvgIpc) is 2.34. The van der Waals surface area contributed by atoms with E-state index in [4.69, 9.17) is 4.74 Å². The van der Waals surface area contributed by atoms with Crippen LogP contribution in [0.3, 0.4) is 0 Å². The highest BCUT2D eigenvalue weighted by Gasteiger charge is 2.08. The van der Waals surface area contributed by atoms with Gasteiger partial charge in [-0.05, 0) is 31.0 Å². The molecule has 1 N–H and O–H groups in total. The lowest BCUT2D eigenvalue weighted by molar-refractivity contribution is 0.142. The van der Waals surface area contributed by atoms with E-state index in [0.717, 1.165) is 17.7 Å². The number of benzene rings is 1. The Bertz CT molecular complexity index is 314. The molecule has 0 saturated carbocycles. The first-order valence-corrected chi connectivity index (χ1v) is 5.87. The van der Waals surface area contributed by atoms with Crippen molar-refractivity contribution in [3.63, 3.8) is 0 Å². The van der Waals surface area contributed by atoms with Crippen molar-refractivity contribution in [3.8, 4) is 5.75 Å². The molecule has 0 aliphatic carbocycles. The summed E-state index contributed by atoms with van der Waals surface area (Å²) in [4.78, 5) is 0. The van der Waals surface area contributed by atoms with Gasteiger partial charge in [0.05, 0.1) is 13.2 Å². The van der Waals surface area contributed by atoms with Crippen LogP contribution >= 0.6 is 0 Å². The molecule has 2 nitrogen and oxygen atoms in total. The number of hydrogen-bond acceptors (Lipinski definition) is 2. The van der Waals surface area contributed by atoms with Gasteiger partial charge in [0.1, 0.15) is 5.75 Å². The summed E-state index contributed by atoms with van der Waals surface area (Å²) < 4.78 is 29.5. The van der Waals surface area contributed by atoms with E-state index in [1.54, 1.807) is 0 Å². The van der Waals surface area contributed by atoms with E-state index in [2.05, 4.69) is 5.32 Å². The fourth-order valence-electron chi connectivity index (χ4n) is 1.46. The third kappa shape index (κ3) is 5.13. The second kappa shape index (κ2) is 7.22. The topological polar surface area (TPSA) is 21.3 Å². The third-order valence-corrected chi connectivity index (χ3v) is 2.43. The van der Waals surface area contributed by atoms with Crippen LogP contribution in [0.2, 0.25) is 0 Å². The molecule has 1 aromatic rings.